The molecular formula is C12H16ClN5. The second-order valence-corrected chi connectivity index (χ2v) is 5.15. The highest BCUT2D eigenvalue weighted by Crippen LogP contribution is 2.28. The molecule has 1 unspecified atom stereocenters. The Labute approximate surface area is 111 Å². The molecule has 0 spiro atoms. The van der Waals surface area contributed by atoms with Crippen LogP contribution in [0.3, 0.4) is 0 Å². The molecule has 1 fully saturated rings. The first kappa shape index (κ1) is 11.7. The van der Waals surface area contributed by atoms with Gasteiger partial charge < -0.3 is 9.88 Å². The number of hydrogen-bond donors (Lipinski definition) is 1. The van der Waals surface area contributed by atoms with Gasteiger partial charge in [-0.2, -0.15) is 9.97 Å². The van der Waals surface area contributed by atoms with Crippen LogP contribution >= 0.6 is 11.6 Å². The average Bonchev–Trinajstić information content (AvgIpc) is 2.70. The molecule has 1 atom stereocenters. The van der Waals surface area contributed by atoms with E-state index < -0.39 is 0 Å². The molecule has 1 N–H and O–H groups in total. The average molecular weight is 266 g/mol. The molecule has 96 valence electrons. The lowest BCUT2D eigenvalue weighted by atomic mass is 10.1. The quantitative estimate of drug-likeness (QED) is 0.806. The Balaban J connectivity index is 2.08. The van der Waals surface area contributed by atoms with Crippen LogP contribution < -0.4 is 4.90 Å². The molecule has 1 saturated heterocycles. The highest BCUT2D eigenvalue weighted by atomic mass is 35.5. The van der Waals surface area contributed by atoms with E-state index in [4.69, 9.17) is 11.6 Å². The second kappa shape index (κ2) is 4.72. The summed E-state index contributed by atoms with van der Waals surface area (Å²) in [5.41, 5.74) is 1.52. The van der Waals surface area contributed by atoms with Crippen molar-refractivity contribution in [1.82, 2.24) is 19.9 Å². The zero-order chi connectivity index (χ0) is 12.5. The monoisotopic (exact) mass is 265 g/mol. The third-order valence-corrected chi connectivity index (χ3v) is 3.73. The number of aromatic amines is 1. The van der Waals surface area contributed by atoms with Crippen LogP contribution in [0.25, 0.3) is 11.2 Å². The number of H-pyrrole nitrogens is 1. The number of nitrogens with zero attached hydrogens (tertiary/aromatic N) is 4. The maximum atomic E-state index is 5.99. The summed E-state index contributed by atoms with van der Waals surface area (Å²) in [6.07, 6.45) is 6.59. The van der Waals surface area contributed by atoms with Gasteiger partial charge in [0.25, 0.3) is 0 Å². The molecule has 2 aromatic heterocycles. The Bertz CT molecular complexity index is 552. The molecule has 6 heteroatoms. The van der Waals surface area contributed by atoms with Crippen molar-refractivity contribution in [2.45, 2.75) is 38.6 Å². The zero-order valence-corrected chi connectivity index (χ0v) is 11.1. The van der Waals surface area contributed by atoms with E-state index in [9.17, 15) is 0 Å². The van der Waals surface area contributed by atoms with Gasteiger partial charge in [-0.15, -0.1) is 0 Å². The molecule has 3 rings (SSSR count). The van der Waals surface area contributed by atoms with Gasteiger partial charge >= 0.3 is 0 Å². The van der Waals surface area contributed by atoms with Gasteiger partial charge in [0.05, 0.1) is 6.33 Å². The van der Waals surface area contributed by atoms with Crippen LogP contribution in [0.4, 0.5) is 5.82 Å². The number of imidazole rings is 1. The van der Waals surface area contributed by atoms with Crippen molar-refractivity contribution in [3.05, 3.63) is 11.6 Å². The molecule has 0 aromatic carbocycles. The maximum Gasteiger partial charge on any atom is 0.226 e. The molecule has 2 aromatic rings. The minimum atomic E-state index is 0.265. The molecule has 0 aliphatic carbocycles. The first-order valence-corrected chi connectivity index (χ1v) is 6.77. The molecule has 3 heterocycles. The summed E-state index contributed by atoms with van der Waals surface area (Å²) in [6.45, 7) is 3.26. The smallest absolute Gasteiger partial charge is 0.226 e. The lowest BCUT2D eigenvalue weighted by molar-refractivity contribution is 0.612. The van der Waals surface area contributed by atoms with Gasteiger partial charge in [-0.05, 0) is 31.4 Å². The first-order chi connectivity index (χ1) is 8.75. The van der Waals surface area contributed by atoms with Crippen molar-refractivity contribution in [3.8, 4) is 0 Å². The molecule has 18 heavy (non-hydrogen) atoms. The lowest BCUT2D eigenvalue weighted by Gasteiger charge is -2.28. The summed E-state index contributed by atoms with van der Waals surface area (Å²) < 4.78 is 0. The second-order valence-electron chi connectivity index (χ2n) is 4.81. The van der Waals surface area contributed by atoms with E-state index in [-0.39, 0.29) is 5.28 Å². The van der Waals surface area contributed by atoms with E-state index in [1.807, 2.05) is 0 Å². The van der Waals surface area contributed by atoms with Crippen LogP contribution in [0.1, 0.15) is 32.6 Å². The van der Waals surface area contributed by atoms with Gasteiger partial charge in [0.1, 0.15) is 5.52 Å². The van der Waals surface area contributed by atoms with E-state index in [1.165, 1.54) is 25.7 Å². The van der Waals surface area contributed by atoms with Crippen molar-refractivity contribution < 1.29 is 0 Å². The van der Waals surface area contributed by atoms with Gasteiger partial charge in [0, 0.05) is 12.6 Å². The Morgan fingerprint density at radius 2 is 2.22 bits per heavy atom. The lowest BCUT2D eigenvalue weighted by Crippen LogP contribution is -2.33. The number of nitrogens with one attached hydrogen (secondary N) is 1. The van der Waals surface area contributed by atoms with E-state index in [0.29, 0.717) is 11.7 Å². The van der Waals surface area contributed by atoms with Gasteiger partial charge in [-0.3, -0.25) is 0 Å². The van der Waals surface area contributed by atoms with E-state index in [2.05, 4.69) is 31.8 Å². The SMILES string of the molecule is CC1CCCCCN1c1nc(Cl)nc2nc[nH]c12. The molecule has 1 aliphatic rings. The number of fused-ring (bicyclic) bond motifs is 1. The Hall–Kier alpha value is -1.36. The van der Waals surface area contributed by atoms with E-state index in [1.54, 1.807) is 6.33 Å². The highest BCUT2D eigenvalue weighted by molar-refractivity contribution is 6.28. The van der Waals surface area contributed by atoms with Crippen LogP contribution in [-0.4, -0.2) is 32.5 Å². The van der Waals surface area contributed by atoms with E-state index in [0.717, 1.165) is 17.9 Å². The Morgan fingerprint density at radius 1 is 1.33 bits per heavy atom. The summed E-state index contributed by atoms with van der Waals surface area (Å²) in [5, 5.41) is 0.265. The van der Waals surface area contributed by atoms with Crippen LogP contribution in [0.5, 0.6) is 0 Å². The zero-order valence-electron chi connectivity index (χ0n) is 10.4. The minimum absolute atomic E-state index is 0.265. The fraction of sp³-hybridized carbons (Fsp3) is 0.583. The molecular weight excluding hydrogens is 250 g/mol. The van der Waals surface area contributed by atoms with Crippen molar-refractivity contribution in [3.63, 3.8) is 0 Å². The molecule has 0 bridgehead atoms. The Morgan fingerprint density at radius 3 is 3.11 bits per heavy atom. The largest absolute Gasteiger partial charge is 0.352 e. The van der Waals surface area contributed by atoms with Gasteiger partial charge in [-0.25, -0.2) is 4.98 Å². The number of rotatable bonds is 1. The normalized spacial score (nSPS) is 21.2. The maximum absolute atomic E-state index is 5.99. The van der Waals surface area contributed by atoms with Crippen molar-refractivity contribution in [1.29, 1.82) is 0 Å². The third-order valence-electron chi connectivity index (χ3n) is 3.56. The highest BCUT2D eigenvalue weighted by Gasteiger charge is 2.22. The third kappa shape index (κ3) is 2.03. The number of aromatic nitrogens is 4. The Kier molecular flexibility index (Phi) is 3.07. The summed E-state index contributed by atoms with van der Waals surface area (Å²) in [6, 6.07) is 0.477. The topological polar surface area (TPSA) is 57.7 Å². The molecule has 0 amide bonds. The molecule has 0 saturated carbocycles. The molecule has 5 nitrogen and oxygen atoms in total. The number of hydrogen-bond acceptors (Lipinski definition) is 4. The van der Waals surface area contributed by atoms with Crippen molar-refractivity contribution >= 4 is 28.6 Å². The fourth-order valence-electron chi connectivity index (χ4n) is 2.59. The summed E-state index contributed by atoms with van der Waals surface area (Å²) in [4.78, 5) is 18.1. The number of anilines is 1. The van der Waals surface area contributed by atoms with E-state index >= 15 is 0 Å². The predicted octanol–water partition coefficient (Wildman–Crippen LogP) is 2.78. The van der Waals surface area contributed by atoms with Gasteiger partial charge in [-0.1, -0.05) is 12.8 Å². The van der Waals surface area contributed by atoms with Crippen LogP contribution in [-0.2, 0) is 0 Å². The van der Waals surface area contributed by atoms with Crippen molar-refractivity contribution in [2.75, 3.05) is 11.4 Å². The summed E-state index contributed by atoms with van der Waals surface area (Å²) in [5.74, 6) is 0.886. The van der Waals surface area contributed by atoms with Gasteiger partial charge in [0.15, 0.2) is 11.5 Å². The molecule has 1 aliphatic heterocycles. The predicted molar refractivity (Wildman–Crippen MR) is 72.0 cm³/mol. The van der Waals surface area contributed by atoms with Crippen LogP contribution in [0.15, 0.2) is 6.33 Å². The standard InChI is InChI=1S/C12H16ClN5/c1-8-5-3-2-4-6-18(8)11-9-10(15-7-14-9)16-12(13)17-11/h7-8H,2-6H2,1H3,(H,14,15,16,17). The minimum Gasteiger partial charge on any atom is -0.352 e. The summed E-state index contributed by atoms with van der Waals surface area (Å²) >= 11 is 5.99. The van der Waals surface area contributed by atoms with Crippen LogP contribution in [0, 0.1) is 0 Å². The van der Waals surface area contributed by atoms with Crippen molar-refractivity contribution in [2.24, 2.45) is 0 Å². The number of halogens is 1. The summed E-state index contributed by atoms with van der Waals surface area (Å²) in [7, 11) is 0. The first-order valence-electron chi connectivity index (χ1n) is 6.39. The van der Waals surface area contributed by atoms with Gasteiger partial charge in [0.2, 0.25) is 5.28 Å². The fourth-order valence-corrected chi connectivity index (χ4v) is 2.75. The molecule has 0 radical (unpaired) electrons. The van der Waals surface area contributed by atoms with Crippen LogP contribution in [0.2, 0.25) is 5.28 Å².